The number of nitrogens with one attached hydrogen (secondary N) is 1. The van der Waals surface area contributed by atoms with E-state index in [1.54, 1.807) is 0 Å². The van der Waals surface area contributed by atoms with Crippen LogP contribution < -0.4 is 5.32 Å². The fourth-order valence-corrected chi connectivity index (χ4v) is 1.39. The van der Waals surface area contributed by atoms with Gasteiger partial charge in [-0.15, -0.1) is 0 Å². The number of hydrogen-bond donors (Lipinski definition) is 1. The van der Waals surface area contributed by atoms with Gasteiger partial charge in [0.25, 0.3) is 0 Å². The van der Waals surface area contributed by atoms with Crippen LogP contribution in [0.3, 0.4) is 0 Å². The zero-order valence-electron chi connectivity index (χ0n) is 8.97. The number of nitrogens with zero attached hydrogens (tertiary/aromatic N) is 1. The van der Waals surface area contributed by atoms with Crippen LogP contribution in [0.5, 0.6) is 0 Å². The van der Waals surface area contributed by atoms with E-state index in [2.05, 4.69) is 30.4 Å². The van der Waals surface area contributed by atoms with E-state index in [4.69, 9.17) is 11.6 Å². The number of hydrogen-bond acceptors (Lipinski definition) is 2. The molecule has 0 aliphatic carbocycles. The number of likely N-dealkylation sites (N-methyl/N-ethyl adjacent to an activating group) is 1. The first kappa shape index (κ1) is 11.3. The summed E-state index contributed by atoms with van der Waals surface area (Å²) in [5.41, 5.74) is 2.24. The third kappa shape index (κ3) is 3.20. The summed E-state index contributed by atoms with van der Waals surface area (Å²) in [6.07, 6.45) is 0. The first-order valence-electron chi connectivity index (χ1n) is 4.75. The molecule has 14 heavy (non-hydrogen) atoms. The molecule has 0 unspecified atom stereocenters. The van der Waals surface area contributed by atoms with Crippen molar-refractivity contribution in [3.05, 3.63) is 28.8 Å². The fraction of sp³-hybridized carbons (Fsp3) is 0.455. The van der Waals surface area contributed by atoms with Crippen molar-refractivity contribution in [1.29, 1.82) is 0 Å². The quantitative estimate of drug-likeness (QED) is 0.826. The molecule has 78 valence electrons. The SMILES string of the molecule is Cc1c(Cl)cccc1NCCN(C)C. The highest BCUT2D eigenvalue weighted by atomic mass is 35.5. The van der Waals surface area contributed by atoms with Crippen molar-refractivity contribution in [2.24, 2.45) is 0 Å². The van der Waals surface area contributed by atoms with Gasteiger partial charge in [-0.05, 0) is 38.7 Å². The average molecular weight is 213 g/mol. The summed E-state index contributed by atoms with van der Waals surface area (Å²) in [5, 5.41) is 4.18. The van der Waals surface area contributed by atoms with Gasteiger partial charge in [0.2, 0.25) is 0 Å². The maximum absolute atomic E-state index is 6.00. The van der Waals surface area contributed by atoms with Crippen molar-refractivity contribution in [3.8, 4) is 0 Å². The van der Waals surface area contributed by atoms with E-state index < -0.39 is 0 Å². The molecule has 1 N–H and O–H groups in total. The maximum Gasteiger partial charge on any atom is 0.0455 e. The van der Waals surface area contributed by atoms with Gasteiger partial charge in [0.1, 0.15) is 0 Å². The molecule has 1 aromatic carbocycles. The Labute approximate surface area is 90.9 Å². The molecule has 3 heteroatoms. The third-order valence-electron chi connectivity index (χ3n) is 2.14. The van der Waals surface area contributed by atoms with Gasteiger partial charge in [0.05, 0.1) is 0 Å². The molecule has 0 atom stereocenters. The van der Waals surface area contributed by atoms with Gasteiger partial charge in [-0.25, -0.2) is 0 Å². The molecule has 0 radical (unpaired) electrons. The van der Waals surface area contributed by atoms with Gasteiger partial charge >= 0.3 is 0 Å². The van der Waals surface area contributed by atoms with Gasteiger partial charge in [-0.1, -0.05) is 17.7 Å². The van der Waals surface area contributed by atoms with Gasteiger partial charge in [0.15, 0.2) is 0 Å². The number of anilines is 1. The Morgan fingerprint density at radius 1 is 1.36 bits per heavy atom. The zero-order chi connectivity index (χ0) is 10.6. The van der Waals surface area contributed by atoms with Crippen LogP contribution >= 0.6 is 11.6 Å². The molecule has 2 nitrogen and oxygen atoms in total. The molecular formula is C11H17ClN2. The molecule has 0 aliphatic heterocycles. The lowest BCUT2D eigenvalue weighted by atomic mass is 10.2. The minimum Gasteiger partial charge on any atom is -0.384 e. The predicted molar refractivity (Wildman–Crippen MR) is 63.2 cm³/mol. The highest BCUT2D eigenvalue weighted by Crippen LogP contribution is 2.22. The minimum absolute atomic E-state index is 0.819. The molecule has 1 rings (SSSR count). The van der Waals surface area contributed by atoms with Crippen LogP contribution in [0.4, 0.5) is 5.69 Å². The van der Waals surface area contributed by atoms with Crippen molar-refractivity contribution in [3.63, 3.8) is 0 Å². The summed E-state index contributed by atoms with van der Waals surface area (Å²) < 4.78 is 0. The molecule has 1 aromatic rings. The second kappa shape index (κ2) is 5.23. The summed E-state index contributed by atoms with van der Waals surface area (Å²) in [5.74, 6) is 0. The van der Waals surface area contributed by atoms with Crippen molar-refractivity contribution >= 4 is 17.3 Å². The molecule has 0 aromatic heterocycles. The lowest BCUT2D eigenvalue weighted by Gasteiger charge is -2.13. The Morgan fingerprint density at radius 2 is 2.07 bits per heavy atom. The molecule has 0 aliphatic rings. The van der Waals surface area contributed by atoms with Crippen LogP contribution in [0.2, 0.25) is 5.02 Å². The number of halogens is 1. The third-order valence-corrected chi connectivity index (χ3v) is 2.55. The number of rotatable bonds is 4. The predicted octanol–water partition coefficient (Wildman–Crippen LogP) is 2.62. The Hall–Kier alpha value is -0.730. The molecule has 0 fully saturated rings. The molecular weight excluding hydrogens is 196 g/mol. The summed E-state index contributed by atoms with van der Waals surface area (Å²) in [7, 11) is 4.12. The van der Waals surface area contributed by atoms with E-state index >= 15 is 0 Å². The van der Waals surface area contributed by atoms with Gasteiger partial charge in [-0.2, -0.15) is 0 Å². The monoisotopic (exact) mass is 212 g/mol. The molecule has 0 amide bonds. The Bertz CT molecular complexity index is 297. The van der Waals surface area contributed by atoms with E-state index in [-0.39, 0.29) is 0 Å². The van der Waals surface area contributed by atoms with E-state index in [9.17, 15) is 0 Å². The standard InChI is InChI=1S/C11H17ClN2/c1-9-10(12)5-4-6-11(9)13-7-8-14(2)3/h4-6,13H,7-8H2,1-3H3. The summed E-state index contributed by atoms with van der Waals surface area (Å²) in [6.45, 7) is 3.99. The van der Waals surface area contributed by atoms with Crippen LogP contribution in [0.15, 0.2) is 18.2 Å². The topological polar surface area (TPSA) is 15.3 Å². The largest absolute Gasteiger partial charge is 0.384 e. The van der Waals surface area contributed by atoms with E-state index in [0.29, 0.717) is 0 Å². The Morgan fingerprint density at radius 3 is 2.71 bits per heavy atom. The van der Waals surface area contributed by atoms with Crippen LogP contribution in [-0.2, 0) is 0 Å². The van der Waals surface area contributed by atoms with Crippen molar-refractivity contribution in [1.82, 2.24) is 4.90 Å². The summed E-state index contributed by atoms with van der Waals surface area (Å²) >= 11 is 6.00. The molecule has 0 saturated carbocycles. The van der Waals surface area contributed by atoms with Gasteiger partial charge < -0.3 is 10.2 Å². The van der Waals surface area contributed by atoms with Crippen molar-refractivity contribution in [2.45, 2.75) is 6.92 Å². The van der Waals surface area contributed by atoms with E-state index in [0.717, 1.165) is 29.4 Å². The first-order chi connectivity index (χ1) is 6.61. The normalized spacial score (nSPS) is 10.6. The second-order valence-corrected chi connectivity index (χ2v) is 4.05. The van der Waals surface area contributed by atoms with Crippen LogP contribution in [0, 0.1) is 6.92 Å². The fourth-order valence-electron chi connectivity index (χ4n) is 1.21. The van der Waals surface area contributed by atoms with Crippen molar-refractivity contribution < 1.29 is 0 Å². The zero-order valence-corrected chi connectivity index (χ0v) is 9.73. The molecule has 0 spiro atoms. The van der Waals surface area contributed by atoms with Gasteiger partial charge in [0, 0.05) is 23.8 Å². The van der Waals surface area contributed by atoms with E-state index in [1.165, 1.54) is 0 Å². The minimum atomic E-state index is 0.819. The second-order valence-electron chi connectivity index (χ2n) is 3.64. The highest BCUT2D eigenvalue weighted by molar-refractivity contribution is 6.31. The van der Waals surface area contributed by atoms with Crippen LogP contribution in [0.25, 0.3) is 0 Å². The molecule has 0 bridgehead atoms. The number of benzene rings is 1. The summed E-state index contributed by atoms with van der Waals surface area (Å²) in [4.78, 5) is 2.15. The molecule has 0 saturated heterocycles. The van der Waals surface area contributed by atoms with Crippen molar-refractivity contribution in [2.75, 3.05) is 32.5 Å². The first-order valence-corrected chi connectivity index (χ1v) is 5.13. The van der Waals surface area contributed by atoms with Crippen LogP contribution in [0.1, 0.15) is 5.56 Å². The lowest BCUT2D eigenvalue weighted by Crippen LogP contribution is -2.21. The molecule has 0 heterocycles. The Kier molecular flexibility index (Phi) is 4.23. The Balaban J connectivity index is 2.54. The average Bonchev–Trinajstić information content (AvgIpc) is 2.12. The maximum atomic E-state index is 6.00. The smallest absolute Gasteiger partial charge is 0.0455 e. The van der Waals surface area contributed by atoms with Gasteiger partial charge in [-0.3, -0.25) is 0 Å². The van der Waals surface area contributed by atoms with E-state index in [1.807, 2.05) is 19.1 Å². The van der Waals surface area contributed by atoms with Crippen LogP contribution in [-0.4, -0.2) is 32.1 Å². The highest BCUT2D eigenvalue weighted by Gasteiger charge is 2.00. The summed E-state index contributed by atoms with van der Waals surface area (Å²) in [6, 6.07) is 5.93. The lowest BCUT2D eigenvalue weighted by molar-refractivity contribution is 0.425.